The molecule has 4 aromatic rings. The average Bonchev–Trinajstić information content (AvgIpc) is 3.22. The molecule has 2 aliphatic heterocycles. The molecule has 4 nitrogen and oxygen atoms in total. The molecule has 38 heavy (non-hydrogen) atoms. The van der Waals surface area contributed by atoms with Crippen LogP contribution in [0, 0.1) is 0 Å². The third-order valence-electron chi connectivity index (χ3n) is 7.78. The second-order valence-electron chi connectivity index (χ2n) is 10.7. The van der Waals surface area contributed by atoms with E-state index in [0.29, 0.717) is 22.5 Å². The van der Waals surface area contributed by atoms with Gasteiger partial charge in [-0.05, 0) is 46.7 Å². The Bertz CT molecular complexity index is 1600. The fraction of sp³-hybridized carbons (Fsp3) is 0.206. The van der Waals surface area contributed by atoms with Crippen LogP contribution in [0.2, 0.25) is 0 Å². The number of nitrogens with zero attached hydrogens (tertiary/aromatic N) is 2. The molecule has 0 fully saturated rings. The highest BCUT2D eigenvalue weighted by Gasteiger charge is 2.59. The Morgan fingerprint density at radius 1 is 0.763 bits per heavy atom. The van der Waals surface area contributed by atoms with Gasteiger partial charge in [0.15, 0.2) is 17.2 Å². The molecular weight excluding hydrogens is 468 g/mol. The first kappa shape index (κ1) is 24.1. The zero-order valence-electron chi connectivity index (χ0n) is 22.1. The van der Waals surface area contributed by atoms with Crippen molar-refractivity contribution in [2.24, 2.45) is 4.99 Å². The summed E-state index contributed by atoms with van der Waals surface area (Å²) in [5.41, 5.74) is 5.14. The minimum Gasteiger partial charge on any atom is -0.300 e. The molecule has 0 saturated carbocycles. The summed E-state index contributed by atoms with van der Waals surface area (Å²) in [6.45, 7) is 8.53. The Morgan fingerprint density at radius 2 is 1.37 bits per heavy atom. The van der Waals surface area contributed by atoms with Crippen LogP contribution < -0.4 is 4.90 Å². The third kappa shape index (κ3) is 3.40. The van der Waals surface area contributed by atoms with Crippen LogP contribution >= 0.6 is 0 Å². The minimum absolute atomic E-state index is 0.0309. The first-order chi connectivity index (χ1) is 18.3. The molecule has 4 heteroatoms. The van der Waals surface area contributed by atoms with Crippen molar-refractivity contribution < 1.29 is 9.59 Å². The number of carbonyl (C=O) groups excluding carboxylic acids is 2. The summed E-state index contributed by atoms with van der Waals surface area (Å²) in [6.07, 6.45) is 0. The first-order valence-electron chi connectivity index (χ1n) is 13.2. The van der Waals surface area contributed by atoms with Gasteiger partial charge in [0, 0.05) is 16.7 Å². The number of aliphatic imine (C=N–C) groups is 1. The molecule has 2 heterocycles. The molecule has 0 spiro atoms. The van der Waals surface area contributed by atoms with Gasteiger partial charge in [0.1, 0.15) is 0 Å². The van der Waals surface area contributed by atoms with E-state index in [0.717, 1.165) is 22.3 Å². The first-order valence-corrected chi connectivity index (χ1v) is 13.2. The summed E-state index contributed by atoms with van der Waals surface area (Å²) >= 11 is 0. The molecule has 0 saturated heterocycles. The van der Waals surface area contributed by atoms with Crippen molar-refractivity contribution in [3.05, 3.63) is 130 Å². The van der Waals surface area contributed by atoms with Gasteiger partial charge in [-0.3, -0.25) is 9.59 Å². The van der Waals surface area contributed by atoms with E-state index < -0.39 is 5.54 Å². The van der Waals surface area contributed by atoms with E-state index in [4.69, 9.17) is 4.99 Å². The van der Waals surface area contributed by atoms with Crippen LogP contribution in [-0.2, 0) is 5.54 Å². The molecule has 0 radical (unpaired) electrons. The molecule has 1 unspecified atom stereocenters. The van der Waals surface area contributed by atoms with Crippen LogP contribution in [0.4, 0.5) is 11.4 Å². The smallest absolute Gasteiger partial charge is 0.228 e. The van der Waals surface area contributed by atoms with Crippen molar-refractivity contribution in [1.82, 2.24) is 0 Å². The maximum Gasteiger partial charge on any atom is 0.228 e. The molecule has 0 aliphatic carbocycles. The predicted octanol–water partition coefficient (Wildman–Crippen LogP) is 7.81. The molecule has 0 bridgehead atoms. The maximum absolute atomic E-state index is 14.9. The zero-order valence-corrected chi connectivity index (χ0v) is 22.1. The predicted molar refractivity (Wildman–Crippen MR) is 153 cm³/mol. The molecule has 1 atom stereocenters. The van der Waals surface area contributed by atoms with Crippen LogP contribution in [-0.4, -0.2) is 17.4 Å². The molecule has 0 N–H and O–H groups in total. The standard InChI is InChI=1S/C34H30N2O2/c1-21(2)24-16-18-30-27(19-24)32(38)34(26-13-9-6-10-14-26)28-20-25(22(3)4)15-17-29(28)35-33(36(30)34)31(37)23-11-7-5-8-12-23/h5-22H,1-4H3. The second-order valence-corrected chi connectivity index (χ2v) is 10.7. The van der Waals surface area contributed by atoms with Crippen LogP contribution in [0.25, 0.3) is 0 Å². The van der Waals surface area contributed by atoms with E-state index in [1.54, 1.807) is 12.1 Å². The summed E-state index contributed by atoms with van der Waals surface area (Å²) in [5.74, 6) is 0.547. The van der Waals surface area contributed by atoms with E-state index in [9.17, 15) is 9.59 Å². The van der Waals surface area contributed by atoms with Gasteiger partial charge in [0.05, 0.1) is 11.4 Å². The lowest BCUT2D eigenvalue weighted by Gasteiger charge is -2.43. The Labute approximate surface area is 223 Å². The van der Waals surface area contributed by atoms with Crippen molar-refractivity contribution >= 4 is 28.8 Å². The second kappa shape index (κ2) is 8.91. The SMILES string of the molecule is CC(C)c1ccc2c(c1)C(=O)C1(c3ccccc3)c3cc(C(C)C)ccc3N=C(C(=O)c3ccccc3)N21. The Hall–Kier alpha value is -4.31. The number of carbonyl (C=O) groups is 2. The average molecular weight is 499 g/mol. The largest absolute Gasteiger partial charge is 0.300 e. The van der Waals surface area contributed by atoms with Gasteiger partial charge in [0.2, 0.25) is 5.78 Å². The lowest BCUT2D eigenvalue weighted by atomic mass is 9.75. The van der Waals surface area contributed by atoms with E-state index in [2.05, 4.69) is 45.9 Å². The van der Waals surface area contributed by atoms with Crippen LogP contribution in [0.15, 0.2) is 102 Å². The van der Waals surface area contributed by atoms with E-state index >= 15 is 0 Å². The van der Waals surface area contributed by atoms with E-state index in [1.807, 2.05) is 71.6 Å². The zero-order chi connectivity index (χ0) is 26.6. The van der Waals surface area contributed by atoms with Gasteiger partial charge in [-0.1, -0.05) is 107 Å². The number of hydrogen-bond donors (Lipinski definition) is 0. The summed E-state index contributed by atoms with van der Waals surface area (Å²) in [5, 5.41) is 0. The molecule has 4 aromatic carbocycles. The topological polar surface area (TPSA) is 49.7 Å². The minimum atomic E-state index is -1.24. The quantitative estimate of drug-likeness (QED) is 0.264. The highest BCUT2D eigenvalue weighted by Crippen LogP contribution is 2.54. The lowest BCUT2D eigenvalue weighted by molar-refractivity contribution is 0.0931. The normalized spacial score (nSPS) is 17.8. The van der Waals surface area contributed by atoms with Crippen LogP contribution in [0.3, 0.4) is 0 Å². The molecule has 0 amide bonds. The molecule has 0 aromatic heterocycles. The molecule has 188 valence electrons. The number of ketones is 2. The number of rotatable bonds is 5. The summed E-state index contributed by atoms with van der Waals surface area (Å²) in [6, 6.07) is 31.2. The van der Waals surface area contributed by atoms with Crippen molar-refractivity contribution in [2.75, 3.05) is 4.90 Å². The third-order valence-corrected chi connectivity index (χ3v) is 7.78. The van der Waals surface area contributed by atoms with Crippen molar-refractivity contribution in [1.29, 1.82) is 0 Å². The monoisotopic (exact) mass is 498 g/mol. The van der Waals surface area contributed by atoms with Gasteiger partial charge in [-0.25, -0.2) is 4.99 Å². The Balaban J connectivity index is 1.73. The van der Waals surface area contributed by atoms with Crippen LogP contribution in [0.1, 0.15) is 82.5 Å². The van der Waals surface area contributed by atoms with Gasteiger partial charge in [-0.15, -0.1) is 0 Å². The molecule has 2 aliphatic rings. The van der Waals surface area contributed by atoms with E-state index in [-0.39, 0.29) is 29.2 Å². The Kier molecular flexibility index (Phi) is 5.64. The fourth-order valence-electron chi connectivity index (χ4n) is 5.71. The summed E-state index contributed by atoms with van der Waals surface area (Å²) < 4.78 is 0. The lowest BCUT2D eigenvalue weighted by Crippen LogP contribution is -2.55. The summed E-state index contributed by atoms with van der Waals surface area (Å²) in [7, 11) is 0. The van der Waals surface area contributed by atoms with Crippen molar-refractivity contribution in [3.8, 4) is 0 Å². The highest BCUT2D eigenvalue weighted by atomic mass is 16.1. The summed E-state index contributed by atoms with van der Waals surface area (Å²) in [4.78, 5) is 35.9. The van der Waals surface area contributed by atoms with Crippen molar-refractivity contribution in [3.63, 3.8) is 0 Å². The fourth-order valence-corrected chi connectivity index (χ4v) is 5.71. The number of hydrogen-bond acceptors (Lipinski definition) is 4. The maximum atomic E-state index is 14.9. The van der Waals surface area contributed by atoms with Gasteiger partial charge < -0.3 is 4.90 Å². The number of amidine groups is 1. The van der Waals surface area contributed by atoms with Crippen LogP contribution in [0.5, 0.6) is 0 Å². The Morgan fingerprint density at radius 3 is 2.03 bits per heavy atom. The van der Waals surface area contributed by atoms with Gasteiger partial charge in [0.25, 0.3) is 0 Å². The number of benzene rings is 4. The number of fused-ring (bicyclic) bond motifs is 5. The molecular formula is C34H30N2O2. The van der Waals surface area contributed by atoms with Crippen molar-refractivity contribution in [2.45, 2.75) is 45.1 Å². The number of anilines is 1. The number of Topliss-reactive ketones (excluding diaryl/α,β-unsaturated/α-hetero) is 2. The van der Waals surface area contributed by atoms with E-state index in [1.165, 1.54) is 0 Å². The van der Waals surface area contributed by atoms with Gasteiger partial charge in [-0.2, -0.15) is 0 Å². The van der Waals surface area contributed by atoms with Gasteiger partial charge >= 0.3 is 0 Å². The highest BCUT2D eigenvalue weighted by molar-refractivity contribution is 6.52. The molecule has 6 rings (SSSR count).